The third kappa shape index (κ3) is 10.7. The smallest absolute Gasteiger partial charge is 0.251 e. The zero-order valence-corrected chi connectivity index (χ0v) is 24.0. The lowest BCUT2D eigenvalue weighted by Crippen LogP contribution is -2.28. The van der Waals surface area contributed by atoms with Crippen molar-refractivity contribution in [3.05, 3.63) is 81.8 Å². The largest absolute Gasteiger partial charge is 0.383 e. The van der Waals surface area contributed by atoms with E-state index in [9.17, 15) is 9.00 Å². The number of amides is 1. The molecule has 3 rings (SSSR count). The van der Waals surface area contributed by atoms with E-state index in [1.54, 1.807) is 37.6 Å². The van der Waals surface area contributed by atoms with Crippen molar-refractivity contribution >= 4 is 28.2 Å². The Balaban J connectivity index is 0.00000154. The Morgan fingerprint density at radius 1 is 1.08 bits per heavy atom. The second-order valence-corrected chi connectivity index (χ2v) is 9.53. The summed E-state index contributed by atoms with van der Waals surface area (Å²) in [4.78, 5) is 17.3. The molecule has 36 heavy (non-hydrogen) atoms. The summed E-state index contributed by atoms with van der Waals surface area (Å²) in [5.41, 5.74) is 2.94. The molecule has 0 aliphatic heterocycles. The third-order valence-corrected chi connectivity index (χ3v) is 6.94. The number of rotatable bonds is 12. The lowest BCUT2D eigenvalue weighted by Gasteiger charge is -2.17. The van der Waals surface area contributed by atoms with Crippen LogP contribution >= 0.6 is 11.3 Å². The van der Waals surface area contributed by atoms with Gasteiger partial charge in [-0.15, -0.1) is 11.3 Å². The standard InChI is InChI=1S/C24H29N3O3S2.2C2H6/c1-3-6-18-7-4-8-19(15-18)16-22(24-26-12-14-31-24)27-32(29)21-10-5-9-20(17-21)23(28)25-11-13-30-2;2*1-2/h4-5,7-10,12,14-15,17,22,27H,3,6,11,13,16H2,1-2H3,(H,25,28);2*1-2H3. The van der Waals surface area contributed by atoms with Crippen molar-refractivity contribution in [2.24, 2.45) is 0 Å². The first-order valence-electron chi connectivity index (χ1n) is 12.6. The Hall–Kier alpha value is -2.39. The highest BCUT2D eigenvalue weighted by Crippen LogP contribution is 2.23. The number of hydrogen-bond donors (Lipinski definition) is 2. The van der Waals surface area contributed by atoms with Crippen LogP contribution < -0.4 is 10.0 Å². The maximum atomic E-state index is 13.2. The summed E-state index contributed by atoms with van der Waals surface area (Å²) >= 11 is 1.54. The Morgan fingerprint density at radius 2 is 1.81 bits per heavy atom. The molecule has 0 aliphatic carbocycles. The van der Waals surface area contributed by atoms with Gasteiger partial charge >= 0.3 is 0 Å². The normalized spacial score (nSPS) is 11.8. The van der Waals surface area contributed by atoms with Gasteiger partial charge in [0.1, 0.15) is 16.0 Å². The minimum absolute atomic E-state index is 0.202. The molecule has 0 fully saturated rings. The van der Waals surface area contributed by atoms with Gasteiger partial charge in [0.25, 0.3) is 5.91 Å². The molecule has 0 spiro atoms. The number of thiazole rings is 1. The van der Waals surface area contributed by atoms with Gasteiger partial charge in [-0.3, -0.25) is 4.79 Å². The van der Waals surface area contributed by atoms with Gasteiger partial charge in [-0.25, -0.2) is 13.9 Å². The van der Waals surface area contributed by atoms with Crippen LogP contribution in [0.1, 0.15) is 73.6 Å². The number of hydrogen-bond acceptors (Lipinski definition) is 5. The number of methoxy groups -OCH3 is 1. The number of aryl methyl sites for hydroxylation is 1. The molecule has 6 nitrogen and oxygen atoms in total. The second-order valence-electron chi connectivity index (χ2n) is 7.36. The molecule has 2 aromatic carbocycles. The lowest BCUT2D eigenvalue weighted by atomic mass is 10.0. The molecule has 1 aromatic heterocycles. The fourth-order valence-corrected chi connectivity index (χ4v) is 5.13. The van der Waals surface area contributed by atoms with Gasteiger partial charge in [-0.2, -0.15) is 0 Å². The predicted molar refractivity (Wildman–Crippen MR) is 152 cm³/mol. The average molecular weight is 532 g/mol. The van der Waals surface area contributed by atoms with Crippen molar-refractivity contribution in [2.45, 2.75) is 64.8 Å². The van der Waals surface area contributed by atoms with Crippen LogP contribution in [0.25, 0.3) is 0 Å². The van der Waals surface area contributed by atoms with Crippen LogP contribution in [0, 0.1) is 0 Å². The highest BCUT2D eigenvalue weighted by atomic mass is 32.2. The van der Waals surface area contributed by atoms with E-state index in [0.717, 1.165) is 17.8 Å². The minimum atomic E-state index is -1.50. The minimum Gasteiger partial charge on any atom is -0.383 e. The first-order chi connectivity index (χ1) is 17.6. The quantitative estimate of drug-likeness (QED) is 0.276. The van der Waals surface area contributed by atoms with Gasteiger partial charge in [0.15, 0.2) is 0 Å². The fraction of sp³-hybridized carbons (Fsp3) is 0.429. The molecule has 198 valence electrons. The summed E-state index contributed by atoms with van der Waals surface area (Å²) in [7, 11) is 0.0812. The van der Waals surface area contributed by atoms with Crippen LogP contribution in [0.3, 0.4) is 0 Å². The van der Waals surface area contributed by atoms with E-state index in [1.165, 1.54) is 22.5 Å². The molecule has 1 heterocycles. The molecule has 0 saturated heterocycles. The zero-order valence-electron chi connectivity index (χ0n) is 22.4. The Labute approximate surface area is 223 Å². The van der Waals surface area contributed by atoms with Crippen LogP contribution in [0.2, 0.25) is 0 Å². The van der Waals surface area contributed by atoms with Gasteiger partial charge in [-0.1, -0.05) is 71.4 Å². The number of nitrogens with one attached hydrogen (secondary N) is 2. The van der Waals surface area contributed by atoms with Crippen LogP contribution in [-0.2, 0) is 28.6 Å². The van der Waals surface area contributed by atoms with Crippen LogP contribution in [0.5, 0.6) is 0 Å². The van der Waals surface area contributed by atoms with Gasteiger partial charge in [0, 0.05) is 30.8 Å². The van der Waals surface area contributed by atoms with E-state index in [4.69, 9.17) is 4.74 Å². The van der Waals surface area contributed by atoms with Gasteiger partial charge in [0.05, 0.1) is 17.5 Å². The van der Waals surface area contributed by atoms with Crippen molar-refractivity contribution in [2.75, 3.05) is 20.3 Å². The SMILES string of the molecule is CC.CC.CCCc1cccc(CC(NS(=O)c2cccc(C(=O)NCCOC)c2)c2nccs2)c1. The molecule has 2 N–H and O–H groups in total. The lowest BCUT2D eigenvalue weighted by molar-refractivity contribution is 0.0937. The molecular weight excluding hydrogens is 490 g/mol. The maximum Gasteiger partial charge on any atom is 0.251 e. The zero-order chi connectivity index (χ0) is 26.8. The van der Waals surface area contributed by atoms with E-state index in [2.05, 4.69) is 46.2 Å². The Morgan fingerprint density at radius 3 is 2.47 bits per heavy atom. The van der Waals surface area contributed by atoms with E-state index in [1.807, 2.05) is 33.1 Å². The van der Waals surface area contributed by atoms with Gasteiger partial charge in [0.2, 0.25) is 0 Å². The number of benzene rings is 2. The van der Waals surface area contributed by atoms with Crippen molar-refractivity contribution in [1.29, 1.82) is 0 Å². The summed E-state index contributed by atoms with van der Waals surface area (Å²) in [6.45, 7) is 11.0. The van der Waals surface area contributed by atoms with Crippen molar-refractivity contribution < 1.29 is 13.7 Å². The molecular formula is C28H41N3O3S2. The molecule has 2 unspecified atom stereocenters. The Kier molecular flexibility index (Phi) is 16.5. The molecule has 1 amide bonds. The third-order valence-electron chi connectivity index (χ3n) is 4.87. The number of carbonyl (C=O) groups excluding carboxylic acids is 1. The summed E-state index contributed by atoms with van der Waals surface area (Å²) < 4.78 is 21.4. The summed E-state index contributed by atoms with van der Waals surface area (Å²) in [6.07, 6.45) is 4.56. The van der Waals surface area contributed by atoms with Crippen LogP contribution in [-0.4, -0.2) is 35.4 Å². The van der Waals surface area contributed by atoms with Gasteiger partial charge in [-0.05, 0) is 42.2 Å². The first-order valence-corrected chi connectivity index (χ1v) is 14.7. The molecule has 2 atom stereocenters. The van der Waals surface area contributed by atoms with E-state index >= 15 is 0 Å². The van der Waals surface area contributed by atoms with Crippen molar-refractivity contribution in [3.8, 4) is 0 Å². The molecule has 0 bridgehead atoms. The number of ether oxygens (including phenoxy) is 1. The van der Waals surface area contributed by atoms with Gasteiger partial charge < -0.3 is 10.1 Å². The maximum absolute atomic E-state index is 13.2. The fourth-order valence-electron chi connectivity index (χ4n) is 3.34. The van der Waals surface area contributed by atoms with E-state index in [0.29, 0.717) is 30.0 Å². The topological polar surface area (TPSA) is 80.3 Å². The first kappa shape index (κ1) is 31.6. The van der Waals surface area contributed by atoms with Crippen molar-refractivity contribution in [1.82, 2.24) is 15.0 Å². The average Bonchev–Trinajstić information content (AvgIpc) is 3.46. The van der Waals surface area contributed by atoms with E-state index < -0.39 is 11.0 Å². The highest BCUT2D eigenvalue weighted by Gasteiger charge is 2.19. The number of nitrogens with zero attached hydrogens (tertiary/aromatic N) is 1. The molecule has 8 heteroatoms. The highest BCUT2D eigenvalue weighted by molar-refractivity contribution is 7.83. The molecule has 0 radical (unpaired) electrons. The molecule has 0 saturated carbocycles. The predicted octanol–water partition coefficient (Wildman–Crippen LogP) is 6.12. The second kappa shape index (κ2) is 18.8. The molecule has 0 aliphatic rings. The number of aromatic nitrogens is 1. The molecule has 3 aromatic rings. The monoisotopic (exact) mass is 531 g/mol. The summed E-state index contributed by atoms with van der Waals surface area (Å²) in [5, 5.41) is 5.59. The Bertz CT molecular complexity index is 1030. The van der Waals surface area contributed by atoms with Crippen LogP contribution in [0.15, 0.2) is 65.0 Å². The summed E-state index contributed by atoms with van der Waals surface area (Å²) in [5.74, 6) is -0.217. The number of carbonyl (C=O) groups is 1. The van der Waals surface area contributed by atoms with Crippen molar-refractivity contribution in [3.63, 3.8) is 0 Å². The van der Waals surface area contributed by atoms with Crippen LogP contribution in [0.4, 0.5) is 0 Å². The van der Waals surface area contributed by atoms with E-state index in [-0.39, 0.29) is 11.9 Å². The summed E-state index contributed by atoms with van der Waals surface area (Å²) in [6, 6.07) is 15.2.